The van der Waals surface area contributed by atoms with Crippen LogP contribution in [0.2, 0.25) is 0 Å². The van der Waals surface area contributed by atoms with Crippen molar-refractivity contribution in [3.63, 3.8) is 0 Å². The molecule has 0 saturated carbocycles. The van der Waals surface area contributed by atoms with Gasteiger partial charge in [-0.05, 0) is 18.6 Å². The van der Waals surface area contributed by atoms with Crippen LogP contribution >= 0.6 is 0 Å². The van der Waals surface area contributed by atoms with Crippen molar-refractivity contribution in [2.24, 2.45) is 5.92 Å². The zero-order valence-electron chi connectivity index (χ0n) is 12.0. The number of rotatable bonds is 4. The summed E-state index contributed by atoms with van der Waals surface area (Å²) in [7, 11) is 0. The van der Waals surface area contributed by atoms with Gasteiger partial charge < -0.3 is 10.1 Å². The van der Waals surface area contributed by atoms with Crippen molar-refractivity contribution >= 4 is 16.7 Å². The molecule has 2 aromatic rings. The van der Waals surface area contributed by atoms with E-state index in [-0.39, 0.29) is 23.6 Å². The predicted octanol–water partition coefficient (Wildman–Crippen LogP) is -0.157. The summed E-state index contributed by atoms with van der Waals surface area (Å²) in [5.74, 6) is 0.0104. The number of amides is 1. The lowest BCUT2D eigenvalue weighted by molar-refractivity contribution is -0.122. The number of carbonyl (C=O) groups excluding carboxylic acids is 1. The van der Waals surface area contributed by atoms with Crippen LogP contribution in [0.5, 0.6) is 0 Å². The Morgan fingerprint density at radius 3 is 2.82 bits per heavy atom. The van der Waals surface area contributed by atoms with Gasteiger partial charge in [0.25, 0.3) is 11.1 Å². The molecule has 22 heavy (non-hydrogen) atoms. The molecule has 0 spiro atoms. The number of hydrogen-bond acceptors (Lipinski definition) is 4. The summed E-state index contributed by atoms with van der Waals surface area (Å²) in [6.07, 6.45) is 0.924. The highest BCUT2D eigenvalue weighted by atomic mass is 16.5. The van der Waals surface area contributed by atoms with Crippen molar-refractivity contribution in [3.8, 4) is 0 Å². The number of carbonyl (C=O) groups is 1. The van der Waals surface area contributed by atoms with Gasteiger partial charge in [0, 0.05) is 19.1 Å². The van der Waals surface area contributed by atoms with Gasteiger partial charge >= 0.3 is 0 Å². The average Bonchev–Trinajstić information content (AvgIpc) is 3.04. The molecule has 1 fully saturated rings. The number of nitrogens with one attached hydrogen (secondary N) is 2. The number of benzene rings is 1. The largest absolute Gasteiger partial charge is 0.381 e. The number of hydrogen-bond donors (Lipinski definition) is 2. The fourth-order valence-corrected chi connectivity index (χ4v) is 2.56. The van der Waals surface area contributed by atoms with Crippen molar-refractivity contribution in [2.45, 2.75) is 13.0 Å². The Morgan fingerprint density at radius 1 is 1.32 bits per heavy atom. The van der Waals surface area contributed by atoms with E-state index in [4.69, 9.17) is 4.74 Å². The second-order valence-electron chi connectivity index (χ2n) is 5.41. The van der Waals surface area contributed by atoms with Crippen molar-refractivity contribution in [1.29, 1.82) is 0 Å². The Bertz CT molecular complexity index is 802. The van der Waals surface area contributed by atoms with Crippen LogP contribution in [0, 0.1) is 5.92 Å². The number of aromatic amines is 1. The number of fused-ring (bicyclic) bond motifs is 1. The first kappa shape index (κ1) is 14.5. The lowest BCUT2D eigenvalue weighted by Crippen LogP contribution is -2.38. The van der Waals surface area contributed by atoms with Gasteiger partial charge in [0.15, 0.2) is 0 Å². The standard InChI is InChI=1S/C15H17N3O4/c19-13(16-7-10-5-6-22-9-10)8-18-15(21)12-4-2-1-3-11(12)14(20)17-18/h1-4,10H,5-9H2,(H,16,19)(H,17,20). The van der Waals surface area contributed by atoms with Crippen LogP contribution in [-0.2, 0) is 16.1 Å². The Morgan fingerprint density at radius 2 is 2.09 bits per heavy atom. The van der Waals surface area contributed by atoms with Gasteiger partial charge in [0.1, 0.15) is 6.54 Å². The summed E-state index contributed by atoms with van der Waals surface area (Å²) in [6, 6.07) is 6.54. The predicted molar refractivity (Wildman–Crippen MR) is 80.8 cm³/mol. The Balaban J connectivity index is 1.76. The van der Waals surface area contributed by atoms with E-state index < -0.39 is 0 Å². The van der Waals surface area contributed by atoms with Gasteiger partial charge in [0.05, 0.1) is 17.4 Å². The Hall–Kier alpha value is -2.41. The quantitative estimate of drug-likeness (QED) is 0.821. The van der Waals surface area contributed by atoms with E-state index in [0.717, 1.165) is 17.7 Å². The van der Waals surface area contributed by atoms with Crippen molar-refractivity contribution in [1.82, 2.24) is 15.1 Å². The molecule has 1 aromatic heterocycles. The fraction of sp³-hybridized carbons (Fsp3) is 0.400. The first-order chi connectivity index (χ1) is 10.6. The Labute approximate surface area is 125 Å². The van der Waals surface area contributed by atoms with E-state index in [1.54, 1.807) is 24.3 Å². The maximum absolute atomic E-state index is 12.3. The fourth-order valence-electron chi connectivity index (χ4n) is 2.56. The highest BCUT2D eigenvalue weighted by Crippen LogP contribution is 2.10. The van der Waals surface area contributed by atoms with E-state index in [1.807, 2.05) is 0 Å². The summed E-state index contributed by atoms with van der Waals surface area (Å²) in [4.78, 5) is 36.1. The van der Waals surface area contributed by atoms with Gasteiger partial charge in [-0.1, -0.05) is 12.1 Å². The van der Waals surface area contributed by atoms with Crippen molar-refractivity contribution < 1.29 is 9.53 Å². The molecule has 1 aliphatic rings. The zero-order chi connectivity index (χ0) is 15.5. The van der Waals surface area contributed by atoms with E-state index in [0.29, 0.717) is 29.8 Å². The van der Waals surface area contributed by atoms with Crippen LogP contribution in [0.3, 0.4) is 0 Å². The van der Waals surface area contributed by atoms with E-state index in [1.165, 1.54) is 0 Å². The van der Waals surface area contributed by atoms with E-state index >= 15 is 0 Å². The van der Waals surface area contributed by atoms with Crippen LogP contribution in [-0.4, -0.2) is 35.4 Å². The lowest BCUT2D eigenvalue weighted by Gasteiger charge is -2.10. The summed E-state index contributed by atoms with van der Waals surface area (Å²) in [6.45, 7) is 1.68. The van der Waals surface area contributed by atoms with Crippen molar-refractivity contribution in [3.05, 3.63) is 45.0 Å². The van der Waals surface area contributed by atoms with E-state index in [9.17, 15) is 14.4 Å². The highest BCUT2D eigenvalue weighted by Gasteiger charge is 2.17. The molecule has 1 saturated heterocycles. The molecule has 0 bridgehead atoms. The first-order valence-electron chi connectivity index (χ1n) is 7.21. The normalized spacial score (nSPS) is 17.7. The zero-order valence-corrected chi connectivity index (χ0v) is 12.0. The monoisotopic (exact) mass is 303 g/mol. The van der Waals surface area contributed by atoms with Crippen LogP contribution < -0.4 is 16.4 Å². The number of H-pyrrole nitrogens is 1. The van der Waals surface area contributed by atoms with Crippen LogP contribution in [0.4, 0.5) is 0 Å². The molecule has 0 radical (unpaired) electrons. The maximum Gasteiger partial charge on any atom is 0.273 e. The molecule has 7 nitrogen and oxygen atoms in total. The minimum Gasteiger partial charge on any atom is -0.381 e. The summed E-state index contributed by atoms with van der Waals surface area (Å²) >= 11 is 0. The van der Waals surface area contributed by atoms with Gasteiger partial charge in [0.2, 0.25) is 5.91 Å². The van der Waals surface area contributed by atoms with Gasteiger partial charge in [-0.3, -0.25) is 19.5 Å². The summed E-state index contributed by atoms with van der Waals surface area (Å²) in [5, 5.41) is 5.84. The third-order valence-electron chi connectivity index (χ3n) is 3.80. The molecular weight excluding hydrogens is 286 g/mol. The molecule has 0 aliphatic carbocycles. The average molecular weight is 303 g/mol. The van der Waals surface area contributed by atoms with Gasteiger partial charge in [-0.2, -0.15) is 0 Å². The highest BCUT2D eigenvalue weighted by molar-refractivity contribution is 5.81. The molecule has 1 amide bonds. The lowest BCUT2D eigenvalue weighted by atomic mass is 10.1. The molecule has 1 unspecified atom stereocenters. The van der Waals surface area contributed by atoms with Crippen LogP contribution in [0.15, 0.2) is 33.9 Å². The van der Waals surface area contributed by atoms with Crippen LogP contribution in [0.25, 0.3) is 10.8 Å². The minimum absolute atomic E-state index is 0.202. The smallest absolute Gasteiger partial charge is 0.273 e. The van der Waals surface area contributed by atoms with Crippen LogP contribution in [0.1, 0.15) is 6.42 Å². The second kappa shape index (κ2) is 6.15. The molecule has 116 valence electrons. The molecule has 2 heterocycles. The second-order valence-corrected chi connectivity index (χ2v) is 5.41. The molecule has 7 heteroatoms. The molecule has 1 aromatic carbocycles. The number of ether oxygens (including phenoxy) is 1. The summed E-state index contributed by atoms with van der Waals surface area (Å²) < 4.78 is 6.28. The van der Waals surface area contributed by atoms with Crippen molar-refractivity contribution in [2.75, 3.05) is 19.8 Å². The van der Waals surface area contributed by atoms with Gasteiger partial charge in [-0.15, -0.1) is 0 Å². The molecule has 1 aliphatic heterocycles. The summed E-state index contributed by atoms with van der Waals surface area (Å²) in [5.41, 5.74) is -0.762. The SMILES string of the molecule is O=C(Cn1[nH]c(=O)c2ccccc2c1=O)NCC1CCOC1. The molecule has 2 N–H and O–H groups in total. The topological polar surface area (TPSA) is 93.2 Å². The molecule has 3 rings (SSSR count). The van der Waals surface area contributed by atoms with Gasteiger partial charge in [-0.25, -0.2) is 4.68 Å². The van der Waals surface area contributed by atoms with E-state index in [2.05, 4.69) is 10.4 Å². The number of aromatic nitrogens is 2. The molecular formula is C15H17N3O4. The number of nitrogens with zero attached hydrogens (tertiary/aromatic N) is 1. The minimum atomic E-state index is -0.382. The third kappa shape index (κ3) is 2.94. The maximum atomic E-state index is 12.3. The third-order valence-corrected chi connectivity index (χ3v) is 3.80. The first-order valence-corrected chi connectivity index (χ1v) is 7.21. The Kier molecular flexibility index (Phi) is 4.06. The molecule has 1 atom stereocenters.